The van der Waals surface area contributed by atoms with Crippen molar-refractivity contribution in [2.24, 2.45) is 11.8 Å². The van der Waals surface area contributed by atoms with Crippen LogP contribution in [0.4, 0.5) is 0 Å². The van der Waals surface area contributed by atoms with Crippen LogP contribution in [0.2, 0.25) is 0 Å². The standard InChI is InChI=1S/C35H48N4O8S2/c1-35(2,3)38-33(41)27-21-26(47-4)17-16-25(27)20-30(40)28(19-23-11-7-6-8-12-23)37-34(42)29(39-48(5,43)44)22-49(45,46)31-15-9-13-24-14-10-18-36-32(24)31/h6-15,18,25-30,39-40H,16-17,19-22H2,1-5H3,(H,37,42)(H,38,41)/t25?,26?,27?,28-,29+,30+/m0/s1. The van der Waals surface area contributed by atoms with Gasteiger partial charge in [0.25, 0.3) is 0 Å². The largest absolute Gasteiger partial charge is 0.391 e. The maximum Gasteiger partial charge on any atom is 0.239 e. The van der Waals surface area contributed by atoms with Crippen molar-refractivity contribution in [3.05, 3.63) is 72.4 Å². The molecule has 1 aliphatic carbocycles. The SMILES string of the molecule is COC1CCC(C[C@@H](O)[C@H](Cc2ccccc2)NC(=O)[C@@H](CS(=O)(=O)c2cccc3cccnc23)NS(C)(=O)=O)C(C(=O)NC(C)(C)C)C1. The van der Waals surface area contributed by atoms with Crippen LogP contribution in [0, 0.1) is 11.8 Å². The van der Waals surface area contributed by atoms with Crippen molar-refractivity contribution >= 4 is 42.6 Å². The van der Waals surface area contributed by atoms with E-state index in [1.165, 1.54) is 12.3 Å². The zero-order valence-electron chi connectivity index (χ0n) is 28.6. The predicted molar refractivity (Wildman–Crippen MR) is 188 cm³/mol. The highest BCUT2D eigenvalue weighted by molar-refractivity contribution is 7.92. The third-order valence-electron chi connectivity index (χ3n) is 8.74. The molecule has 0 bridgehead atoms. The molecule has 6 atom stereocenters. The molecule has 1 saturated carbocycles. The lowest BCUT2D eigenvalue weighted by atomic mass is 9.73. The van der Waals surface area contributed by atoms with Gasteiger partial charge in [0.2, 0.25) is 21.8 Å². The van der Waals surface area contributed by atoms with Gasteiger partial charge in [-0.05, 0) is 76.5 Å². The number of sulfonamides is 1. The molecule has 1 aliphatic rings. The topological polar surface area (TPSA) is 181 Å². The Hall–Kier alpha value is -3.43. The first-order valence-corrected chi connectivity index (χ1v) is 19.9. The number of aromatic nitrogens is 1. The summed E-state index contributed by atoms with van der Waals surface area (Å²) in [7, 11) is -6.69. The summed E-state index contributed by atoms with van der Waals surface area (Å²) in [5.74, 6) is -2.61. The number of sulfone groups is 1. The number of aliphatic hydroxyl groups excluding tert-OH is 1. The molecule has 14 heteroatoms. The quantitative estimate of drug-likeness (QED) is 0.195. The number of rotatable bonds is 14. The van der Waals surface area contributed by atoms with Crippen molar-refractivity contribution < 1.29 is 36.3 Å². The maximum atomic E-state index is 13.9. The Labute approximate surface area is 289 Å². The molecule has 4 rings (SSSR count). The Bertz CT molecular complexity index is 1810. The summed E-state index contributed by atoms with van der Waals surface area (Å²) in [6, 6.07) is 14.5. The summed E-state index contributed by atoms with van der Waals surface area (Å²) in [5.41, 5.74) is 0.530. The number of methoxy groups -OCH3 is 1. The number of hydrogen-bond acceptors (Lipinski definition) is 9. The molecule has 1 fully saturated rings. The Balaban J connectivity index is 1.62. The maximum absolute atomic E-state index is 13.9. The zero-order chi connectivity index (χ0) is 36.0. The van der Waals surface area contributed by atoms with E-state index in [1.807, 2.05) is 51.1 Å². The second kappa shape index (κ2) is 16.1. The van der Waals surface area contributed by atoms with E-state index in [4.69, 9.17) is 4.74 Å². The van der Waals surface area contributed by atoms with Gasteiger partial charge in [-0.1, -0.05) is 48.5 Å². The number of fused-ring (bicyclic) bond motifs is 1. The highest BCUT2D eigenvalue weighted by Crippen LogP contribution is 2.36. The normalized spacial score (nSPS) is 20.7. The molecule has 3 aromatic rings. The molecule has 3 unspecified atom stereocenters. The lowest BCUT2D eigenvalue weighted by Gasteiger charge is -2.38. The molecule has 12 nitrogen and oxygen atoms in total. The van der Waals surface area contributed by atoms with Gasteiger partial charge >= 0.3 is 0 Å². The Morgan fingerprint density at radius 3 is 2.35 bits per heavy atom. The third kappa shape index (κ3) is 11.0. The minimum atomic E-state index is -4.25. The summed E-state index contributed by atoms with van der Waals surface area (Å²) >= 11 is 0. The van der Waals surface area contributed by atoms with Crippen LogP contribution in [0.25, 0.3) is 10.9 Å². The molecular weight excluding hydrogens is 669 g/mol. The number of benzene rings is 2. The fourth-order valence-corrected chi connectivity index (χ4v) is 8.86. The number of carbonyl (C=O) groups excluding carboxylic acids is 2. The van der Waals surface area contributed by atoms with Crippen molar-refractivity contribution in [1.29, 1.82) is 0 Å². The first kappa shape index (κ1) is 38.4. The fraction of sp³-hybridized carbons (Fsp3) is 0.514. The fourth-order valence-electron chi connectivity index (χ4n) is 6.44. The van der Waals surface area contributed by atoms with Crippen LogP contribution in [-0.2, 0) is 40.6 Å². The van der Waals surface area contributed by atoms with Gasteiger partial charge in [0, 0.05) is 30.1 Å². The van der Waals surface area contributed by atoms with Crippen LogP contribution in [0.5, 0.6) is 0 Å². The summed E-state index contributed by atoms with van der Waals surface area (Å²) in [4.78, 5) is 31.4. The second-order valence-corrected chi connectivity index (χ2v) is 17.7. The van der Waals surface area contributed by atoms with E-state index < -0.39 is 61.2 Å². The Morgan fingerprint density at radius 2 is 1.69 bits per heavy atom. The van der Waals surface area contributed by atoms with E-state index in [0.29, 0.717) is 24.6 Å². The number of para-hydroxylation sites is 1. The summed E-state index contributed by atoms with van der Waals surface area (Å²) in [6.45, 7) is 5.69. The third-order valence-corrected chi connectivity index (χ3v) is 11.2. The van der Waals surface area contributed by atoms with Crippen LogP contribution in [0.15, 0.2) is 71.8 Å². The molecule has 0 saturated heterocycles. The Kier molecular flexibility index (Phi) is 12.6. The van der Waals surface area contributed by atoms with Crippen LogP contribution in [0.1, 0.15) is 52.0 Å². The average molecular weight is 717 g/mol. The van der Waals surface area contributed by atoms with Crippen molar-refractivity contribution in [1.82, 2.24) is 20.3 Å². The van der Waals surface area contributed by atoms with Gasteiger partial charge in [-0.2, -0.15) is 0 Å². The number of hydrogen-bond donors (Lipinski definition) is 4. The van der Waals surface area contributed by atoms with Gasteiger partial charge in [-0.15, -0.1) is 0 Å². The van der Waals surface area contributed by atoms with Gasteiger partial charge in [0.15, 0.2) is 9.84 Å². The molecule has 4 N–H and O–H groups in total. The van der Waals surface area contributed by atoms with E-state index in [2.05, 4.69) is 20.3 Å². The molecular formula is C35H48N4O8S2. The second-order valence-electron chi connectivity index (χ2n) is 13.9. The minimum absolute atomic E-state index is 0.106. The van der Waals surface area contributed by atoms with E-state index >= 15 is 0 Å². The highest BCUT2D eigenvalue weighted by atomic mass is 32.2. The summed E-state index contributed by atoms with van der Waals surface area (Å²) in [6.07, 6.45) is 3.16. The van der Waals surface area contributed by atoms with Crippen LogP contribution >= 0.6 is 0 Å². The lowest BCUT2D eigenvalue weighted by Crippen LogP contribution is -2.55. The molecule has 49 heavy (non-hydrogen) atoms. The first-order chi connectivity index (χ1) is 23.0. The zero-order valence-corrected chi connectivity index (χ0v) is 30.3. The van der Waals surface area contributed by atoms with Crippen molar-refractivity contribution in [3.8, 4) is 0 Å². The predicted octanol–water partition coefficient (Wildman–Crippen LogP) is 2.75. The van der Waals surface area contributed by atoms with E-state index in [0.717, 1.165) is 11.8 Å². The average Bonchev–Trinajstić information content (AvgIpc) is 3.02. The highest BCUT2D eigenvalue weighted by Gasteiger charge is 2.39. The Morgan fingerprint density at radius 1 is 1.00 bits per heavy atom. The molecule has 0 spiro atoms. The molecule has 2 amide bonds. The van der Waals surface area contributed by atoms with Crippen molar-refractivity contribution in [3.63, 3.8) is 0 Å². The van der Waals surface area contributed by atoms with Crippen LogP contribution < -0.4 is 15.4 Å². The van der Waals surface area contributed by atoms with Crippen LogP contribution in [-0.4, -0.2) is 87.7 Å². The van der Waals surface area contributed by atoms with Crippen molar-refractivity contribution in [2.45, 2.75) is 87.6 Å². The molecule has 0 aliphatic heterocycles. The van der Waals surface area contributed by atoms with E-state index in [9.17, 15) is 31.5 Å². The first-order valence-electron chi connectivity index (χ1n) is 16.4. The number of aliphatic hydroxyl groups is 1. The van der Waals surface area contributed by atoms with Gasteiger partial charge in [0.1, 0.15) is 6.04 Å². The van der Waals surface area contributed by atoms with Gasteiger partial charge < -0.3 is 20.5 Å². The number of pyridine rings is 1. The molecule has 1 aromatic heterocycles. The molecule has 2 aromatic carbocycles. The minimum Gasteiger partial charge on any atom is -0.391 e. The summed E-state index contributed by atoms with van der Waals surface area (Å²) < 4.78 is 60.0. The smallest absolute Gasteiger partial charge is 0.239 e. The van der Waals surface area contributed by atoms with Crippen LogP contribution in [0.3, 0.4) is 0 Å². The van der Waals surface area contributed by atoms with Gasteiger partial charge in [0.05, 0.1) is 40.7 Å². The number of nitrogens with zero attached hydrogens (tertiary/aromatic N) is 1. The van der Waals surface area contributed by atoms with E-state index in [1.54, 1.807) is 31.4 Å². The van der Waals surface area contributed by atoms with Gasteiger partial charge in [-0.25, -0.2) is 21.6 Å². The number of carbonyl (C=O) groups is 2. The molecule has 0 radical (unpaired) electrons. The van der Waals surface area contributed by atoms with E-state index in [-0.39, 0.29) is 41.2 Å². The van der Waals surface area contributed by atoms with Crippen molar-refractivity contribution in [2.75, 3.05) is 19.1 Å². The summed E-state index contributed by atoms with van der Waals surface area (Å²) in [5, 5.41) is 18.1. The number of ether oxygens (including phenoxy) is 1. The molecule has 268 valence electrons. The monoisotopic (exact) mass is 716 g/mol. The number of nitrogens with one attached hydrogen (secondary N) is 3. The van der Waals surface area contributed by atoms with Gasteiger partial charge in [-0.3, -0.25) is 14.6 Å². The lowest BCUT2D eigenvalue weighted by molar-refractivity contribution is -0.132. The molecule has 1 heterocycles. The number of amides is 2.